The van der Waals surface area contributed by atoms with Gasteiger partial charge < -0.3 is 10.6 Å². The second-order valence-electron chi connectivity index (χ2n) is 6.17. The molecule has 2 aromatic heterocycles. The number of benzene rings is 1. The molecule has 27 heavy (non-hydrogen) atoms. The highest BCUT2D eigenvalue weighted by Crippen LogP contribution is 2.36. The number of pyridine rings is 1. The summed E-state index contributed by atoms with van der Waals surface area (Å²) in [6.07, 6.45) is -1.20. The van der Waals surface area contributed by atoms with Gasteiger partial charge in [-0.25, -0.2) is 4.98 Å². The van der Waals surface area contributed by atoms with Crippen LogP contribution in [0.25, 0.3) is 11.3 Å². The fourth-order valence-corrected chi connectivity index (χ4v) is 2.47. The number of hydrogen-bond donors (Lipinski definition) is 2. The van der Waals surface area contributed by atoms with Crippen molar-refractivity contribution in [2.75, 3.05) is 10.6 Å². The molecule has 0 amide bonds. The van der Waals surface area contributed by atoms with Crippen molar-refractivity contribution in [3.8, 4) is 11.3 Å². The number of rotatable bonds is 5. The van der Waals surface area contributed by atoms with Crippen molar-refractivity contribution in [2.45, 2.75) is 26.1 Å². The van der Waals surface area contributed by atoms with Gasteiger partial charge in [0.05, 0.1) is 16.9 Å². The van der Waals surface area contributed by atoms with Crippen LogP contribution < -0.4 is 10.6 Å². The molecule has 1 aromatic carbocycles. The molecule has 0 fully saturated rings. The predicted molar refractivity (Wildman–Crippen MR) is 98.7 cm³/mol. The van der Waals surface area contributed by atoms with Crippen LogP contribution in [0.1, 0.15) is 19.4 Å². The Hall–Kier alpha value is -3.16. The minimum absolute atomic E-state index is 0.0597. The van der Waals surface area contributed by atoms with Crippen LogP contribution in [-0.2, 0) is 6.18 Å². The first-order valence-corrected chi connectivity index (χ1v) is 8.32. The van der Waals surface area contributed by atoms with E-state index in [2.05, 4.69) is 25.6 Å². The van der Waals surface area contributed by atoms with Crippen molar-refractivity contribution in [2.24, 2.45) is 0 Å². The van der Waals surface area contributed by atoms with Crippen LogP contribution in [-0.4, -0.2) is 21.0 Å². The van der Waals surface area contributed by atoms with Crippen LogP contribution in [0.15, 0.2) is 54.9 Å². The van der Waals surface area contributed by atoms with E-state index in [0.29, 0.717) is 11.6 Å². The van der Waals surface area contributed by atoms with Gasteiger partial charge in [0.2, 0.25) is 5.95 Å². The second-order valence-corrected chi connectivity index (χ2v) is 6.17. The molecule has 2 N–H and O–H groups in total. The standard InChI is InChI=1S/C19H18F3N5/c1-12(2)24-18-26-16(13-6-5-9-23-11-13)10-17(27-18)25-15-8-4-3-7-14(15)19(20,21)22/h3-12H,1-2H3,(H2,24,25,26,27). The highest BCUT2D eigenvalue weighted by atomic mass is 19.4. The van der Waals surface area contributed by atoms with Gasteiger partial charge in [-0.2, -0.15) is 18.2 Å². The van der Waals surface area contributed by atoms with Gasteiger partial charge >= 0.3 is 6.18 Å². The fourth-order valence-electron chi connectivity index (χ4n) is 2.47. The summed E-state index contributed by atoms with van der Waals surface area (Å²) in [5, 5.41) is 5.85. The summed E-state index contributed by atoms with van der Waals surface area (Å²) in [5.41, 5.74) is 0.452. The molecule has 3 rings (SSSR count). The molecule has 0 unspecified atom stereocenters. The van der Waals surface area contributed by atoms with Gasteiger partial charge in [-0.1, -0.05) is 12.1 Å². The Kier molecular flexibility index (Phi) is 5.25. The molecule has 0 aliphatic heterocycles. The molecule has 2 heterocycles. The van der Waals surface area contributed by atoms with E-state index in [0.717, 1.165) is 11.6 Å². The van der Waals surface area contributed by atoms with Crippen molar-refractivity contribution in [3.05, 3.63) is 60.4 Å². The van der Waals surface area contributed by atoms with Crippen LogP contribution in [0.4, 0.5) is 30.6 Å². The second kappa shape index (κ2) is 7.61. The van der Waals surface area contributed by atoms with E-state index in [1.165, 1.54) is 18.2 Å². The van der Waals surface area contributed by atoms with Crippen molar-refractivity contribution < 1.29 is 13.2 Å². The largest absolute Gasteiger partial charge is 0.418 e. The zero-order valence-electron chi connectivity index (χ0n) is 14.7. The maximum atomic E-state index is 13.3. The Morgan fingerprint density at radius 2 is 1.78 bits per heavy atom. The van der Waals surface area contributed by atoms with Gasteiger partial charge in [-0.05, 0) is 38.1 Å². The molecule has 0 bridgehead atoms. The van der Waals surface area contributed by atoms with Crippen molar-refractivity contribution in [3.63, 3.8) is 0 Å². The molecule has 3 aromatic rings. The molecule has 0 saturated carbocycles. The van der Waals surface area contributed by atoms with E-state index in [1.807, 2.05) is 19.9 Å². The van der Waals surface area contributed by atoms with Gasteiger partial charge in [0.1, 0.15) is 5.82 Å². The molecule has 0 spiro atoms. The zero-order valence-corrected chi connectivity index (χ0v) is 14.7. The SMILES string of the molecule is CC(C)Nc1nc(Nc2ccccc2C(F)(F)F)cc(-c2cccnc2)n1. The van der Waals surface area contributed by atoms with Crippen molar-refractivity contribution in [1.82, 2.24) is 15.0 Å². The number of halogens is 3. The lowest BCUT2D eigenvalue weighted by molar-refractivity contribution is -0.136. The molecule has 8 heteroatoms. The summed E-state index contributed by atoms with van der Waals surface area (Å²) in [5.74, 6) is 0.571. The summed E-state index contributed by atoms with van der Waals surface area (Å²) >= 11 is 0. The third kappa shape index (κ3) is 4.72. The van der Waals surface area contributed by atoms with E-state index in [4.69, 9.17) is 0 Å². The Morgan fingerprint density at radius 3 is 2.44 bits per heavy atom. The third-order valence-electron chi connectivity index (χ3n) is 3.60. The summed E-state index contributed by atoms with van der Waals surface area (Å²) in [6, 6.07) is 10.5. The molecule has 0 aliphatic carbocycles. The number of nitrogens with one attached hydrogen (secondary N) is 2. The molecular formula is C19H18F3N5. The number of aromatic nitrogens is 3. The molecule has 0 radical (unpaired) electrons. The first-order chi connectivity index (χ1) is 12.8. The summed E-state index contributed by atoms with van der Waals surface area (Å²) < 4.78 is 39.8. The van der Waals surface area contributed by atoms with E-state index >= 15 is 0 Å². The highest BCUT2D eigenvalue weighted by Gasteiger charge is 2.33. The van der Waals surface area contributed by atoms with Gasteiger partial charge in [0.15, 0.2) is 0 Å². The van der Waals surface area contributed by atoms with Crippen LogP contribution in [0.2, 0.25) is 0 Å². The minimum Gasteiger partial charge on any atom is -0.352 e. The smallest absolute Gasteiger partial charge is 0.352 e. The third-order valence-corrected chi connectivity index (χ3v) is 3.60. The first kappa shape index (κ1) is 18.6. The average molecular weight is 373 g/mol. The first-order valence-electron chi connectivity index (χ1n) is 8.32. The van der Waals surface area contributed by atoms with Crippen LogP contribution >= 0.6 is 0 Å². The Morgan fingerprint density at radius 1 is 1.00 bits per heavy atom. The maximum Gasteiger partial charge on any atom is 0.418 e. The molecule has 140 valence electrons. The van der Waals surface area contributed by atoms with Gasteiger partial charge in [0, 0.05) is 30.1 Å². The van der Waals surface area contributed by atoms with E-state index in [1.54, 1.807) is 24.5 Å². The highest BCUT2D eigenvalue weighted by molar-refractivity contribution is 5.68. The monoisotopic (exact) mass is 373 g/mol. The number of anilines is 3. The quantitative estimate of drug-likeness (QED) is 0.650. The summed E-state index contributed by atoms with van der Waals surface area (Å²) in [6.45, 7) is 3.85. The summed E-state index contributed by atoms with van der Waals surface area (Å²) in [4.78, 5) is 12.8. The molecule has 0 aliphatic rings. The lowest BCUT2D eigenvalue weighted by Gasteiger charge is -2.16. The van der Waals surface area contributed by atoms with Gasteiger partial charge in [-0.3, -0.25) is 4.98 Å². The lowest BCUT2D eigenvalue weighted by atomic mass is 10.1. The maximum absolute atomic E-state index is 13.3. The lowest BCUT2D eigenvalue weighted by Crippen LogP contribution is -2.14. The minimum atomic E-state index is -4.47. The van der Waals surface area contributed by atoms with Crippen LogP contribution in [0.3, 0.4) is 0 Å². The number of para-hydroxylation sites is 1. The Labute approximate surface area is 154 Å². The van der Waals surface area contributed by atoms with E-state index in [-0.39, 0.29) is 17.5 Å². The molecule has 0 saturated heterocycles. The van der Waals surface area contributed by atoms with Crippen molar-refractivity contribution >= 4 is 17.5 Å². The number of hydrogen-bond acceptors (Lipinski definition) is 5. The van der Waals surface area contributed by atoms with Crippen LogP contribution in [0.5, 0.6) is 0 Å². The van der Waals surface area contributed by atoms with Gasteiger partial charge in [0.25, 0.3) is 0 Å². The fraction of sp³-hybridized carbons (Fsp3) is 0.211. The van der Waals surface area contributed by atoms with Crippen molar-refractivity contribution in [1.29, 1.82) is 0 Å². The van der Waals surface area contributed by atoms with E-state index < -0.39 is 11.7 Å². The average Bonchev–Trinajstić information content (AvgIpc) is 2.61. The Bertz CT molecular complexity index is 911. The predicted octanol–water partition coefficient (Wildman–Crippen LogP) is 5.12. The van der Waals surface area contributed by atoms with Gasteiger partial charge in [-0.15, -0.1) is 0 Å². The molecule has 5 nitrogen and oxygen atoms in total. The Balaban J connectivity index is 2.03. The van der Waals surface area contributed by atoms with Crippen LogP contribution in [0, 0.1) is 0 Å². The molecule has 0 atom stereocenters. The number of nitrogens with zero attached hydrogens (tertiary/aromatic N) is 3. The summed E-state index contributed by atoms with van der Waals surface area (Å²) in [7, 11) is 0. The molecular weight excluding hydrogens is 355 g/mol. The van der Waals surface area contributed by atoms with E-state index in [9.17, 15) is 13.2 Å². The zero-order chi connectivity index (χ0) is 19.4. The topological polar surface area (TPSA) is 62.7 Å². The number of alkyl halides is 3. The normalized spacial score (nSPS) is 11.5.